The number of primary amides is 1. The van der Waals surface area contributed by atoms with Gasteiger partial charge in [-0.1, -0.05) is 22.0 Å². The third-order valence-electron chi connectivity index (χ3n) is 2.65. The lowest BCUT2D eigenvalue weighted by Crippen LogP contribution is -2.17. The second-order valence-electron chi connectivity index (χ2n) is 4.07. The molecule has 16 heavy (non-hydrogen) atoms. The quantitative estimate of drug-likeness (QED) is 0.891. The summed E-state index contributed by atoms with van der Waals surface area (Å²) in [6.45, 7) is 4.04. The molecule has 88 valence electrons. The van der Waals surface area contributed by atoms with Crippen molar-refractivity contribution < 1.29 is 4.79 Å². The van der Waals surface area contributed by atoms with Crippen LogP contribution in [-0.2, 0) is 4.79 Å². The Bertz CT molecular complexity index is 404. The average Bonchev–Trinajstić information content (AvgIpc) is 2.20. The van der Waals surface area contributed by atoms with Crippen LogP contribution in [0.3, 0.4) is 0 Å². The van der Waals surface area contributed by atoms with Crippen molar-refractivity contribution in [2.75, 3.05) is 0 Å². The van der Waals surface area contributed by atoms with Gasteiger partial charge in [0.15, 0.2) is 0 Å². The highest BCUT2D eigenvalue weighted by Crippen LogP contribution is 2.26. The molecule has 1 aromatic carbocycles. The second-order valence-corrected chi connectivity index (χ2v) is 4.92. The van der Waals surface area contributed by atoms with Crippen molar-refractivity contribution in [1.82, 2.24) is 0 Å². The fraction of sp³-hybridized carbons (Fsp3) is 0.417. The van der Waals surface area contributed by atoms with Gasteiger partial charge in [0, 0.05) is 16.9 Å². The minimum atomic E-state index is -0.304. The number of benzene rings is 1. The first-order valence-electron chi connectivity index (χ1n) is 5.22. The monoisotopic (exact) mass is 284 g/mol. The lowest BCUT2D eigenvalue weighted by Gasteiger charge is -2.15. The van der Waals surface area contributed by atoms with Crippen LogP contribution >= 0.6 is 15.9 Å². The lowest BCUT2D eigenvalue weighted by molar-refractivity contribution is -0.118. The van der Waals surface area contributed by atoms with Gasteiger partial charge in [0.2, 0.25) is 5.91 Å². The Morgan fingerprint density at radius 3 is 2.56 bits per heavy atom. The smallest absolute Gasteiger partial charge is 0.217 e. The molecule has 3 nitrogen and oxygen atoms in total. The van der Waals surface area contributed by atoms with E-state index in [9.17, 15) is 4.79 Å². The summed E-state index contributed by atoms with van der Waals surface area (Å²) in [6.07, 6.45) is 0.924. The molecule has 1 amide bonds. The Morgan fingerprint density at radius 1 is 1.38 bits per heavy atom. The Balaban J connectivity index is 2.86. The largest absolute Gasteiger partial charge is 0.370 e. The zero-order valence-corrected chi connectivity index (χ0v) is 11.2. The predicted molar refractivity (Wildman–Crippen MR) is 69.0 cm³/mol. The van der Waals surface area contributed by atoms with Crippen LogP contribution in [0.25, 0.3) is 0 Å². The van der Waals surface area contributed by atoms with Crippen molar-refractivity contribution in [3.8, 4) is 0 Å². The highest BCUT2D eigenvalue weighted by atomic mass is 79.9. The Hall–Kier alpha value is -0.870. The minimum Gasteiger partial charge on any atom is -0.370 e. The van der Waals surface area contributed by atoms with Crippen LogP contribution in [0.15, 0.2) is 16.6 Å². The molecule has 0 aliphatic heterocycles. The van der Waals surface area contributed by atoms with Gasteiger partial charge in [-0.3, -0.25) is 4.79 Å². The van der Waals surface area contributed by atoms with Gasteiger partial charge in [-0.05, 0) is 43.0 Å². The molecule has 4 heteroatoms. The number of hydrogen-bond acceptors (Lipinski definition) is 2. The van der Waals surface area contributed by atoms with E-state index in [0.29, 0.717) is 12.8 Å². The van der Waals surface area contributed by atoms with Gasteiger partial charge in [-0.25, -0.2) is 0 Å². The standard InChI is InChI=1S/C12H17BrN2O/c1-7-6-10(13)8(2)5-9(7)11(14)3-4-12(15)16/h5-6,11H,3-4,14H2,1-2H3,(H2,15,16). The fourth-order valence-electron chi connectivity index (χ4n) is 1.66. The summed E-state index contributed by atoms with van der Waals surface area (Å²) in [4.78, 5) is 10.7. The first-order valence-corrected chi connectivity index (χ1v) is 6.01. The van der Waals surface area contributed by atoms with Crippen molar-refractivity contribution in [2.24, 2.45) is 11.5 Å². The number of rotatable bonds is 4. The zero-order chi connectivity index (χ0) is 12.3. The van der Waals surface area contributed by atoms with Crippen LogP contribution in [0, 0.1) is 13.8 Å². The van der Waals surface area contributed by atoms with Gasteiger partial charge in [0.05, 0.1) is 0 Å². The molecule has 1 aromatic rings. The molecule has 1 atom stereocenters. The van der Waals surface area contributed by atoms with E-state index < -0.39 is 0 Å². The maximum Gasteiger partial charge on any atom is 0.217 e. The normalized spacial score (nSPS) is 12.5. The van der Waals surface area contributed by atoms with E-state index >= 15 is 0 Å². The van der Waals surface area contributed by atoms with E-state index in [-0.39, 0.29) is 11.9 Å². The SMILES string of the molecule is Cc1cc(C(N)CCC(N)=O)c(C)cc1Br. The van der Waals surface area contributed by atoms with Crippen molar-refractivity contribution in [1.29, 1.82) is 0 Å². The minimum absolute atomic E-state index is 0.126. The van der Waals surface area contributed by atoms with Gasteiger partial charge >= 0.3 is 0 Å². The van der Waals surface area contributed by atoms with Gasteiger partial charge in [-0.2, -0.15) is 0 Å². The third-order valence-corrected chi connectivity index (χ3v) is 3.50. The van der Waals surface area contributed by atoms with Crippen LogP contribution in [-0.4, -0.2) is 5.91 Å². The number of nitrogens with two attached hydrogens (primary N) is 2. The van der Waals surface area contributed by atoms with Crippen LogP contribution in [0.2, 0.25) is 0 Å². The highest BCUT2D eigenvalue weighted by molar-refractivity contribution is 9.10. The summed E-state index contributed by atoms with van der Waals surface area (Å²) in [7, 11) is 0. The van der Waals surface area contributed by atoms with E-state index in [0.717, 1.165) is 21.2 Å². The number of carbonyl (C=O) groups excluding carboxylic acids is 1. The van der Waals surface area contributed by atoms with Crippen molar-refractivity contribution in [3.63, 3.8) is 0 Å². The molecule has 0 spiro atoms. The van der Waals surface area contributed by atoms with Gasteiger partial charge < -0.3 is 11.5 Å². The van der Waals surface area contributed by atoms with Gasteiger partial charge in [0.1, 0.15) is 0 Å². The van der Waals surface area contributed by atoms with E-state index in [1.807, 2.05) is 13.8 Å². The lowest BCUT2D eigenvalue weighted by atomic mass is 9.96. The highest BCUT2D eigenvalue weighted by Gasteiger charge is 2.11. The summed E-state index contributed by atoms with van der Waals surface area (Å²) in [6, 6.07) is 3.99. The molecule has 0 saturated carbocycles. The van der Waals surface area contributed by atoms with Crippen molar-refractivity contribution in [3.05, 3.63) is 33.3 Å². The Morgan fingerprint density at radius 2 is 2.00 bits per heavy atom. The van der Waals surface area contributed by atoms with Crippen LogP contribution < -0.4 is 11.5 Å². The van der Waals surface area contributed by atoms with Crippen molar-refractivity contribution in [2.45, 2.75) is 32.7 Å². The summed E-state index contributed by atoms with van der Waals surface area (Å²) >= 11 is 3.48. The Labute approximate surface area is 104 Å². The fourth-order valence-corrected chi connectivity index (χ4v) is 2.11. The molecule has 0 fully saturated rings. The molecule has 0 aliphatic rings. The molecule has 1 unspecified atom stereocenters. The number of aryl methyl sites for hydroxylation is 2. The molecular formula is C12H17BrN2O. The first-order chi connectivity index (χ1) is 7.41. The van der Waals surface area contributed by atoms with E-state index in [1.54, 1.807) is 0 Å². The van der Waals surface area contributed by atoms with Gasteiger partial charge in [0.25, 0.3) is 0 Å². The summed E-state index contributed by atoms with van der Waals surface area (Å²) in [5, 5.41) is 0. The average molecular weight is 285 g/mol. The van der Waals surface area contributed by atoms with Crippen LogP contribution in [0.1, 0.15) is 35.6 Å². The Kier molecular flexibility index (Phi) is 4.50. The molecule has 0 saturated heterocycles. The number of amides is 1. The maximum atomic E-state index is 10.7. The number of halogens is 1. The summed E-state index contributed by atoms with van der Waals surface area (Å²) in [5.74, 6) is -0.304. The first kappa shape index (κ1) is 13.2. The van der Waals surface area contributed by atoms with E-state index in [2.05, 4.69) is 28.1 Å². The maximum absolute atomic E-state index is 10.7. The van der Waals surface area contributed by atoms with E-state index in [1.165, 1.54) is 0 Å². The second kappa shape index (κ2) is 5.46. The molecule has 0 aromatic heterocycles. The summed E-state index contributed by atoms with van der Waals surface area (Å²) < 4.78 is 1.08. The van der Waals surface area contributed by atoms with Crippen LogP contribution in [0.4, 0.5) is 0 Å². The predicted octanol–water partition coefficient (Wildman–Crippen LogP) is 2.33. The molecule has 0 aliphatic carbocycles. The molecule has 0 radical (unpaired) electrons. The molecule has 0 heterocycles. The zero-order valence-electron chi connectivity index (χ0n) is 9.59. The topological polar surface area (TPSA) is 69.1 Å². The van der Waals surface area contributed by atoms with Crippen LogP contribution in [0.5, 0.6) is 0 Å². The number of hydrogen-bond donors (Lipinski definition) is 2. The summed E-state index contributed by atoms with van der Waals surface area (Å²) in [5.41, 5.74) is 14.5. The van der Waals surface area contributed by atoms with Gasteiger partial charge in [-0.15, -0.1) is 0 Å². The van der Waals surface area contributed by atoms with E-state index in [4.69, 9.17) is 11.5 Å². The molecule has 1 rings (SSSR count). The van der Waals surface area contributed by atoms with Crippen molar-refractivity contribution >= 4 is 21.8 Å². The molecule has 0 bridgehead atoms. The molecule has 4 N–H and O–H groups in total. The molecular weight excluding hydrogens is 268 g/mol. The number of carbonyl (C=O) groups is 1. The third kappa shape index (κ3) is 3.32.